The van der Waals surface area contributed by atoms with E-state index in [4.69, 9.17) is 17.3 Å². The van der Waals surface area contributed by atoms with Crippen LogP contribution >= 0.6 is 11.6 Å². The number of aryl methyl sites for hydroxylation is 1. The number of hydrogen-bond donors (Lipinski definition) is 1. The molecule has 3 nitrogen and oxygen atoms in total. The molecule has 2 aromatic rings. The second kappa shape index (κ2) is 5.12. The zero-order valence-electron chi connectivity index (χ0n) is 10.9. The molecule has 1 aromatic carbocycles. The third kappa shape index (κ3) is 2.28. The van der Waals surface area contributed by atoms with Gasteiger partial charge in [-0.25, -0.2) is 0 Å². The molecule has 0 aliphatic carbocycles. The third-order valence-electron chi connectivity index (χ3n) is 3.14. The maximum atomic E-state index is 6.21. The van der Waals surface area contributed by atoms with E-state index >= 15 is 0 Å². The van der Waals surface area contributed by atoms with E-state index in [2.05, 4.69) is 17.2 Å². The van der Waals surface area contributed by atoms with Crippen LogP contribution in [0, 0.1) is 13.8 Å². The molecule has 1 heterocycles. The lowest BCUT2D eigenvalue weighted by atomic mass is 10.0. The maximum Gasteiger partial charge on any atom is 0.0920 e. The molecule has 4 heteroatoms. The summed E-state index contributed by atoms with van der Waals surface area (Å²) in [5.41, 5.74) is 9.07. The van der Waals surface area contributed by atoms with E-state index in [1.807, 2.05) is 43.7 Å². The average Bonchev–Trinajstić information content (AvgIpc) is 2.59. The van der Waals surface area contributed by atoms with Gasteiger partial charge in [0.1, 0.15) is 0 Å². The summed E-state index contributed by atoms with van der Waals surface area (Å²) in [6, 6.07) is 10.1. The normalized spacial score (nSPS) is 14.5. The van der Waals surface area contributed by atoms with E-state index < -0.39 is 0 Å². The van der Waals surface area contributed by atoms with Gasteiger partial charge in [-0.05, 0) is 26.3 Å². The van der Waals surface area contributed by atoms with Crippen LogP contribution in [0.5, 0.6) is 0 Å². The van der Waals surface area contributed by atoms with Crippen molar-refractivity contribution in [2.75, 3.05) is 0 Å². The van der Waals surface area contributed by atoms with Crippen molar-refractivity contribution >= 4 is 11.6 Å². The molecule has 0 aliphatic rings. The predicted molar refractivity (Wildman–Crippen MR) is 74.9 cm³/mol. The molecule has 18 heavy (non-hydrogen) atoms. The summed E-state index contributed by atoms with van der Waals surface area (Å²) >= 11 is 6.21. The summed E-state index contributed by atoms with van der Waals surface area (Å²) in [6.07, 6.45) is 0. The minimum absolute atomic E-state index is 0.0115. The van der Waals surface area contributed by atoms with Gasteiger partial charge in [0.25, 0.3) is 0 Å². The van der Waals surface area contributed by atoms with Gasteiger partial charge in [-0.15, -0.1) is 0 Å². The molecule has 0 saturated heterocycles. The second-order valence-corrected chi connectivity index (χ2v) is 5.02. The largest absolute Gasteiger partial charge is 0.326 e. The zero-order chi connectivity index (χ0) is 13.3. The monoisotopic (exact) mass is 263 g/mol. The van der Waals surface area contributed by atoms with E-state index in [1.54, 1.807) is 0 Å². The Kier molecular flexibility index (Phi) is 3.73. The number of rotatable bonds is 3. The molecule has 96 valence electrons. The Labute approximate surface area is 113 Å². The summed E-state index contributed by atoms with van der Waals surface area (Å²) in [7, 11) is 0. The molecule has 0 bridgehead atoms. The first-order valence-corrected chi connectivity index (χ1v) is 6.42. The van der Waals surface area contributed by atoms with Crippen molar-refractivity contribution in [1.82, 2.24) is 9.78 Å². The topological polar surface area (TPSA) is 43.8 Å². The van der Waals surface area contributed by atoms with Crippen LogP contribution in [0.4, 0.5) is 0 Å². The van der Waals surface area contributed by atoms with E-state index in [-0.39, 0.29) is 12.1 Å². The van der Waals surface area contributed by atoms with Gasteiger partial charge in [0, 0.05) is 6.04 Å². The van der Waals surface area contributed by atoms with Crippen molar-refractivity contribution in [3.8, 4) is 0 Å². The fourth-order valence-corrected chi connectivity index (χ4v) is 2.36. The minimum atomic E-state index is -0.0403. The van der Waals surface area contributed by atoms with Crippen LogP contribution in [0.3, 0.4) is 0 Å². The van der Waals surface area contributed by atoms with Crippen LogP contribution in [0.2, 0.25) is 5.02 Å². The Balaban J connectivity index is 2.52. The van der Waals surface area contributed by atoms with Crippen molar-refractivity contribution in [3.05, 3.63) is 52.3 Å². The molecular weight excluding hydrogens is 246 g/mol. The number of benzene rings is 1. The zero-order valence-corrected chi connectivity index (χ0v) is 11.6. The quantitative estimate of drug-likeness (QED) is 0.925. The highest BCUT2D eigenvalue weighted by Crippen LogP contribution is 2.27. The SMILES string of the molecule is Cc1nn(C(c2ccccc2)C(C)N)c(C)c1Cl. The van der Waals surface area contributed by atoms with Gasteiger partial charge in [-0.2, -0.15) is 5.10 Å². The number of aromatic nitrogens is 2. The molecule has 0 saturated carbocycles. The lowest BCUT2D eigenvalue weighted by Gasteiger charge is -2.23. The van der Waals surface area contributed by atoms with Gasteiger partial charge in [-0.1, -0.05) is 41.9 Å². The van der Waals surface area contributed by atoms with E-state index in [1.165, 1.54) is 0 Å². The number of hydrogen-bond acceptors (Lipinski definition) is 2. The van der Waals surface area contributed by atoms with Crippen LogP contribution < -0.4 is 5.73 Å². The van der Waals surface area contributed by atoms with Gasteiger partial charge >= 0.3 is 0 Å². The third-order valence-corrected chi connectivity index (χ3v) is 3.69. The van der Waals surface area contributed by atoms with E-state index in [0.717, 1.165) is 22.0 Å². The number of halogens is 1. The molecule has 1 aromatic heterocycles. The molecule has 0 spiro atoms. The standard InChI is InChI=1S/C14H18ClN3/c1-9(16)14(12-7-5-4-6-8-12)18-11(3)13(15)10(2)17-18/h4-9,14H,16H2,1-3H3. The van der Waals surface area contributed by atoms with Crippen molar-refractivity contribution in [1.29, 1.82) is 0 Å². The van der Waals surface area contributed by atoms with Crippen molar-refractivity contribution in [2.24, 2.45) is 5.73 Å². The van der Waals surface area contributed by atoms with Crippen LogP contribution in [0.15, 0.2) is 30.3 Å². The summed E-state index contributed by atoms with van der Waals surface area (Å²) in [4.78, 5) is 0. The summed E-state index contributed by atoms with van der Waals surface area (Å²) in [6.45, 7) is 5.87. The molecular formula is C14H18ClN3. The molecule has 2 atom stereocenters. The Bertz CT molecular complexity index is 531. The van der Waals surface area contributed by atoms with Gasteiger partial charge < -0.3 is 5.73 Å². The average molecular weight is 264 g/mol. The summed E-state index contributed by atoms with van der Waals surface area (Å²) in [5, 5.41) is 5.23. The number of nitrogens with two attached hydrogens (primary N) is 1. The molecule has 0 amide bonds. The van der Waals surface area contributed by atoms with Crippen LogP contribution in [-0.4, -0.2) is 15.8 Å². The van der Waals surface area contributed by atoms with Crippen molar-refractivity contribution in [2.45, 2.75) is 32.9 Å². The summed E-state index contributed by atoms with van der Waals surface area (Å²) < 4.78 is 1.93. The first-order valence-electron chi connectivity index (χ1n) is 6.04. The highest BCUT2D eigenvalue weighted by atomic mass is 35.5. The fourth-order valence-electron chi connectivity index (χ4n) is 2.23. The fraction of sp³-hybridized carbons (Fsp3) is 0.357. The van der Waals surface area contributed by atoms with Crippen LogP contribution in [0.1, 0.15) is 29.9 Å². The summed E-state index contributed by atoms with van der Waals surface area (Å²) in [5.74, 6) is 0. The minimum Gasteiger partial charge on any atom is -0.326 e. The maximum absolute atomic E-state index is 6.21. The Morgan fingerprint density at radius 3 is 2.28 bits per heavy atom. The van der Waals surface area contributed by atoms with Gasteiger partial charge in [0.05, 0.1) is 22.5 Å². The molecule has 2 rings (SSSR count). The van der Waals surface area contributed by atoms with Crippen molar-refractivity contribution < 1.29 is 0 Å². The van der Waals surface area contributed by atoms with Gasteiger partial charge in [0.15, 0.2) is 0 Å². The van der Waals surface area contributed by atoms with E-state index in [0.29, 0.717) is 0 Å². The van der Waals surface area contributed by atoms with Gasteiger partial charge in [-0.3, -0.25) is 4.68 Å². The Morgan fingerprint density at radius 2 is 1.83 bits per heavy atom. The lowest BCUT2D eigenvalue weighted by Crippen LogP contribution is -2.31. The molecule has 0 fully saturated rings. The Morgan fingerprint density at radius 1 is 1.22 bits per heavy atom. The smallest absolute Gasteiger partial charge is 0.0920 e. The molecule has 2 unspecified atom stereocenters. The highest BCUT2D eigenvalue weighted by Gasteiger charge is 2.22. The van der Waals surface area contributed by atoms with Gasteiger partial charge in [0.2, 0.25) is 0 Å². The predicted octanol–water partition coefficient (Wildman–Crippen LogP) is 3.09. The second-order valence-electron chi connectivity index (χ2n) is 4.64. The number of nitrogens with zero attached hydrogens (tertiary/aromatic N) is 2. The van der Waals surface area contributed by atoms with Crippen molar-refractivity contribution in [3.63, 3.8) is 0 Å². The molecule has 0 aliphatic heterocycles. The van der Waals surface area contributed by atoms with E-state index in [9.17, 15) is 0 Å². The molecule has 2 N–H and O–H groups in total. The van der Waals surface area contributed by atoms with Crippen LogP contribution in [-0.2, 0) is 0 Å². The first kappa shape index (κ1) is 13.1. The lowest BCUT2D eigenvalue weighted by molar-refractivity contribution is 0.443. The van der Waals surface area contributed by atoms with Crippen LogP contribution in [0.25, 0.3) is 0 Å². The highest BCUT2D eigenvalue weighted by molar-refractivity contribution is 6.31. The Hall–Kier alpha value is -1.32. The molecule has 0 radical (unpaired) electrons. The first-order chi connectivity index (χ1) is 8.52.